The molecule has 9 nitrogen and oxygen atoms in total. The van der Waals surface area contributed by atoms with Crippen molar-refractivity contribution in [3.8, 4) is 5.75 Å². The van der Waals surface area contributed by atoms with Crippen molar-refractivity contribution in [2.75, 3.05) is 4.90 Å². The van der Waals surface area contributed by atoms with Crippen molar-refractivity contribution in [2.45, 2.75) is 18.0 Å². The molecule has 2 unspecified atom stereocenters. The number of amides is 1. The van der Waals surface area contributed by atoms with Gasteiger partial charge in [0.25, 0.3) is 0 Å². The summed E-state index contributed by atoms with van der Waals surface area (Å²) in [6.07, 6.45) is 0. The summed E-state index contributed by atoms with van der Waals surface area (Å²) in [6, 6.07) is 14.2. The lowest BCUT2D eigenvalue weighted by atomic mass is 9.94. The zero-order valence-corrected chi connectivity index (χ0v) is 19.1. The second kappa shape index (κ2) is 7.87. The molecule has 1 fully saturated rings. The monoisotopic (exact) mass is 495 g/mol. The van der Waals surface area contributed by atoms with E-state index >= 15 is 0 Å². The van der Waals surface area contributed by atoms with Crippen LogP contribution < -0.4 is 9.70 Å². The van der Waals surface area contributed by atoms with E-state index in [1.165, 1.54) is 27.6 Å². The second-order valence-electron chi connectivity index (χ2n) is 7.37. The van der Waals surface area contributed by atoms with Gasteiger partial charge in [0.05, 0.1) is 12.6 Å². The molecule has 5 aromatic rings. The Hall–Kier alpha value is -3.41. The highest BCUT2D eigenvalue weighted by Gasteiger charge is 2.49. The van der Waals surface area contributed by atoms with E-state index in [-0.39, 0.29) is 24.2 Å². The average molecular weight is 496 g/mol. The fourth-order valence-corrected chi connectivity index (χ4v) is 5.71. The van der Waals surface area contributed by atoms with Crippen molar-refractivity contribution in [3.63, 3.8) is 0 Å². The lowest BCUT2D eigenvalue weighted by molar-refractivity contribution is -0.123. The van der Waals surface area contributed by atoms with Crippen LogP contribution in [0.5, 0.6) is 5.75 Å². The molecule has 2 aromatic carbocycles. The summed E-state index contributed by atoms with van der Waals surface area (Å²) in [4.78, 5) is 23.2. The van der Waals surface area contributed by atoms with Gasteiger partial charge in [0, 0.05) is 10.9 Å². The molecule has 3 aromatic heterocycles. The largest absolute Gasteiger partial charge is 0.508 e. The van der Waals surface area contributed by atoms with Crippen molar-refractivity contribution in [1.82, 2.24) is 25.4 Å². The van der Waals surface area contributed by atoms with E-state index < -0.39 is 5.38 Å². The number of para-hydroxylation sites is 1. The third kappa shape index (κ3) is 3.45. The van der Waals surface area contributed by atoms with Gasteiger partial charge in [0.1, 0.15) is 26.5 Å². The Labute approximate surface area is 199 Å². The molecule has 0 spiro atoms. The summed E-state index contributed by atoms with van der Waals surface area (Å²) in [5.41, 5.74) is 2.64. The molecule has 0 saturated carbocycles. The number of halogens is 1. The second-order valence-corrected chi connectivity index (χ2v) is 9.86. The van der Waals surface area contributed by atoms with Crippen LogP contribution >= 0.6 is 34.3 Å². The van der Waals surface area contributed by atoms with Crippen LogP contribution in [0.4, 0.5) is 5.13 Å². The fraction of sp³-hybridized carbons (Fsp3) is 0.143. The topological polar surface area (TPSA) is 120 Å². The van der Waals surface area contributed by atoms with E-state index in [0.29, 0.717) is 14.9 Å². The molecule has 1 aliphatic rings. The number of nitrogens with one attached hydrogen (secondary N) is 1. The summed E-state index contributed by atoms with van der Waals surface area (Å²) in [6.45, 7) is 0.269. The van der Waals surface area contributed by atoms with Crippen LogP contribution in [0, 0.1) is 0 Å². The van der Waals surface area contributed by atoms with Crippen molar-refractivity contribution in [2.24, 2.45) is 4.99 Å². The van der Waals surface area contributed by atoms with E-state index in [1.807, 2.05) is 24.3 Å². The molecule has 33 heavy (non-hydrogen) atoms. The van der Waals surface area contributed by atoms with E-state index in [2.05, 4.69) is 30.4 Å². The molecule has 164 valence electrons. The number of nitrogens with zero attached hydrogens (tertiary/aromatic N) is 6. The van der Waals surface area contributed by atoms with Crippen LogP contribution in [0.15, 0.2) is 53.5 Å². The van der Waals surface area contributed by atoms with Crippen LogP contribution in [-0.2, 0) is 11.3 Å². The first-order valence-corrected chi connectivity index (χ1v) is 12.0. The van der Waals surface area contributed by atoms with Crippen molar-refractivity contribution in [3.05, 3.63) is 63.9 Å². The van der Waals surface area contributed by atoms with Gasteiger partial charge in [0.15, 0.2) is 0 Å². The number of H-pyrrole nitrogens is 1. The number of rotatable bonds is 4. The summed E-state index contributed by atoms with van der Waals surface area (Å²) in [7, 11) is 0. The molecule has 1 amide bonds. The number of carbonyl (C=O) groups is 1. The Kier molecular flexibility index (Phi) is 4.82. The normalized spacial score (nSPS) is 18.9. The third-order valence-electron chi connectivity index (χ3n) is 5.35. The minimum Gasteiger partial charge on any atom is -0.508 e. The predicted octanol–water partition coefficient (Wildman–Crippen LogP) is 3.53. The van der Waals surface area contributed by atoms with Crippen LogP contribution in [0.1, 0.15) is 16.6 Å². The maximum atomic E-state index is 12.4. The number of anilines is 1. The number of phenols is 1. The molecular weight excluding hydrogens is 482 g/mol. The van der Waals surface area contributed by atoms with Gasteiger partial charge in [-0.2, -0.15) is 0 Å². The Balaban J connectivity index is 1.25. The minimum absolute atomic E-state index is 0.150. The van der Waals surface area contributed by atoms with Gasteiger partial charge < -0.3 is 10.1 Å². The standard InChI is InChI=1S/C21H14ClN7O2S2/c22-15-17(10-5-7-11(30)8-6-10)29(19(15)31)21-28-25-14(32-21)9-23-20-27-26-16-12-3-1-2-4-13(12)24-18(16)33-20/h1-8,15,17,24,30H,9H2. The number of hydrogen-bond donors (Lipinski definition) is 2. The maximum Gasteiger partial charge on any atom is 0.250 e. The number of hydrogen-bond acceptors (Lipinski definition) is 9. The quantitative estimate of drug-likeness (QED) is 0.291. The number of aromatic hydroxyl groups is 1. The number of carbonyl (C=O) groups excluding carboxylic acids is 1. The van der Waals surface area contributed by atoms with Crippen LogP contribution in [-0.4, -0.2) is 41.8 Å². The maximum absolute atomic E-state index is 12.4. The zero-order valence-electron chi connectivity index (χ0n) is 16.7. The Morgan fingerprint density at radius 1 is 1.06 bits per heavy atom. The Morgan fingerprint density at radius 2 is 1.88 bits per heavy atom. The smallest absolute Gasteiger partial charge is 0.250 e. The molecule has 1 saturated heterocycles. The van der Waals surface area contributed by atoms with Gasteiger partial charge >= 0.3 is 0 Å². The van der Waals surface area contributed by atoms with Gasteiger partial charge in [-0.3, -0.25) is 9.69 Å². The highest BCUT2D eigenvalue weighted by Crippen LogP contribution is 2.43. The number of β-lactam (4-membered cyclic amide) rings is 1. The predicted molar refractivity (Wildman–Crippen MR) is 126 cm³/mol. The Morgan fingerprint density at radius 3 is 2.73 bits per heavy atom. The van der Waals surface area contributed by atoms with E-state index in [0.717, 1.165) is 26.8 Å². The van der Waals surface area contributed by atoms with Gasteiger partial charge in [-0.05, 0) is 23.8 Å². The van der Waals surface area contributed by atoms with Crippen LogP contribution in [0.3, 0.4) is 0 Å². The lowest BCUT2D eigenvalue weighted by Crippen LogP contribution is -2.56. The summed E-state index contributed by atoms with van der Waals surface area (Å²) < 4.78 is 0. The summed E-state index contributed by atoms with van der Waals surface area (Å²) in [5, 5.41) is 27.9. The zero-order chi connectivity index (χ0) is 22.5. The van der Waals surface area contributed by atoms with E-state index in [1.54, 1.807) is 24.3 Å². The van der Waals surface area contributed by atoms with Gasteiger partial charge in [-0.15, -0.1) is 32.0 Å². The number of fused-ring (bicyclic) bond motifs is 3. The number of alkyl halides is 1. The number of aromatic amines is 1. The summed E-state index contributed by atoms with van der Waals surface area (Å²) >= 11 is 8.98. The molecular formula is C21H14ClN7O2S2. The molecule has 2 N–H and O–H groups in total. The van der Waals surface area contributed by atoms with Crippen molar-refractivity contribution in [1.29, 1.82) is 0 Å². The molecule has 1 aliphatic heterocycles. The molecule has 0 bridgehead atoms. The SMILES string of the molecule is O=C1C(Cl)C(c2ccc(O)cc2)N1c1nnc(CN=c2nnc3c([nH]c4ccccc43)s2)s1. The number of aromatic nitrogens is 5. The minimum atomic E-state index is -0.688. The number of benzene rings is 2. The van der Waals surface area contributed by atoms with Crippen molar-refractivity contribution >= 4 is 66.6 Å². The van der Waals surface area contributed by atoms with Crippen LogP contribution in [0.25, 0.3) is 21.3 Å². The van der Waals surface area contributed by atoms with Gasteiger partial charge in [-0.25, -0.2) is 4.99 Å². The van der Waals surface area contributed by atoms with Crippen LogP contribution in [0.2, 0.25) is 0 Å². The molecule has 6 rings (SSSR count). The molecule has 2 atom stereocenters. The third-order valence-corrected chi connectivity index (χ3v) is 7.58. The lowest BCUT2D eigenvalue weighted by Gasteiger charge is -2.42. The van der Waals surface area contributed by atoms with E-state index in [9.17, 15) is 9.90 Å². The first kappa shape index (κ1) is 20.2. The molecule has 12 heteroatoms. The molecule has 0 radical (unpaired) electrons. The van der Waals surface area contributed by atoms with Gasteiger partial charge in [0.2, 0.25) is 15.8 Å². The summed E-state index contributed by atoms with van der Waals surface area (Å²) in [5.74, 6) is -0.0802. The number of phenolic OH excluding ortho intramolecular Hbond substituents is 1. The van der Waals surface area contributed by atoms with Gasteiger partial charge in [-0.1, -0.05) is 53.0 Å². The van der Waals surface area contributed by atoms with Crippen molar-refractivity contribution < 1.29 is 9.90 Å². The van der Waals surface area contributed by atoms with E-state index in [4.69, 9.17) is 11.6 Å². The molecule has 4 heterocycles. The average Bonchev–Trinajstić information content (AvgIpc) is 3.45. The Bertz CT molecular complexity index is 1580. The first-order valence-electron chi connectivity index (χ1n) is 9.92. The first-order chi connectivity index (χ1) is 16.1. The molecule has 0 aliphatic carbocycles. The highest BCUT2D eigenvalue weighted by molar-refractivity contribution is 7.16. The highest BCUT2D eigenvalue weighted by atomic mass is 35.5. The fourth-order valence-electron chi connectivity index (χ4n) is 3.74.